The van der Waals surface area contributed by atoms with Crippen LogP contribution in [0.2, 0.25) is 0 Å². The molecule has 0 radical (unpaired) electrons. The van der Waals surface area contributed by atoms with Crippen LogP contribution in [0.4, 0.5) is 11.4 Å². The first kappa shape index (κ1) is 23.1. The predicted octanol–water partition coefficient (Wildman–Crippen LogP) is 2.44. The third-order valence-electron chi connectivity index (χ3n) is 4.08. The highest BCUT2D eigenvalue weighted by molar-refractivity contribution is 5.95. The Hall–Kier alpha value is -4.22. The summed E-state index contributed by atoms with van der Waals surface area (Å²) in [6, 6.07) is 4.58. The van der Waals surface area contributed by atoms with Gasteiger partial charge in [-0.3, -0.25) is 10.1 Å². The lowest BCUT2D eigenvalue weighted by molar-refractivity contribution is -0.385. The van der Waals surface area contributed by atoms with Gasteiger partial charge in [-0.15, -0.1) is 0 Å². The number of nitrogens with two attached hydrogens (primary N) is 1. The molecule has 0 amide bonds. The van der Waals surface area contributed by atoms with E-state index in [9.17, 15) is 19.7 Å². The van der Waals surface area contributed by atoms with E-state index in [2.05, 4.69) is 0 Å². The van der Waals surface area contributed by atoms with Crippen LogP contribution in [0.25, 0.3) is 0 Å². The number of nitrogens with zero attached hydrogens (tertiary/aromatic N) is 1. The van der Waals surface area contributed by atoms with Gasteiger partial charge in [0.05, 0.1) is 49.7 Å². The zero-order valence-corrected chi connectivity index (χ0v) is 16.6. The van der Waals surface area contributed by atoms with Crippen molar-refractivity contribution in [3.63, 3.8) is 0 Å². The maximum absolute atomic E-state index is 11.2. The number of rotatable bonds is 11. The molecule has 0 unspecified atom stereocenters. The van der Waals surface area contributed by atoms with Crippen molar-refractivity contribution in [1.29, 1.82) is 0 Å². The van der Waals surface area contributed by atoms with Gasteiger partial charge in [-0.2, -0.15) is 0 Å². The number of methoxy groups -OCH3 is 2. The van der Waals surface area contributed by atoms with Crippen LogP contribution in [-0.4, -0.2) is 54.5 Å². The molecule has 0 heterocycles. The summed E-state index contributed by atoms with van der Waals surface area (Å²) in [6.45, 7) is 0.185. The van der Waals surface area contributed by atoms with Gasteiger partial charge in [0.2, 0.25) is 0 Å². The molecule has 0 spiro atoms. The summed E-state index contributed by atoms with van der Waals surface area (Å²) in [5.74, 6) is -2.20. The highest BCUT2D eigenvalue weighted by Crippen LogP contribution is 2.35. The van der Waals surface area contributed by atoms with Crippen molar-refractivity contribution in [3.05, 3.63) is 45.5 Å². The van der Waals surface area contributed by atoms with Gasteiger partial charge in [0, 0.05) is 24.6 Å². The van der Waals surface area contributed by atoms with Crippen LogP contribution in [0.15, 0.2) is 24.3 Å². The van der Waals surface area contributed by atoms with Crippen molar-refractivity contribution in [2.24, 2.45) is 0 Å². The van der Waals surface area contributed by atoms with E-state index in [0.29, 0.717) is 6.42 Å². The molecule has 31 heavy (non-hydrogen) atoms. The monoisotopic (exact) mass is 436 g/mol. The summed E-state index contributed by atoms with van der Waals surface area (Å²) in [4.78, 5) is 32.6. The number of ether oxygens (including phenoxy) is 4. The fourth-order valence-electron chi connectivity index (χ4n) is 2.60. The molecule has 0 atom stereocenters. The Morgan fingerprint density at radius 2 is 1.39 bits per heavy atom. The van der Waals surface area contributed by atoms with E-state index in [0.717, 1.165) is 12.1 Å². The van der Waals surface area contributed by atoms with Crippen LogP contribution in [0, 0.1) is 10.1 Å². The van der Waals surface area contributed by atoms with Gasteiger partial charge in [0.25, 0.3) is 5.69 Å². The fraction of sp³-hybridized carbons (Fsp3) is 0.263. The van der Waals surface area contributed by atoms with E-state index < -0.39 is 28.1 Å². The van der Waals surface area contributed by atoms with Gasteiger partial charge in [-0.05, 0) is 0 Å². The molecule has 0 saturated heterocycles. The van der Waals surface area contributed by atoms with Gasteiger partial charge in [0.1, 0.15) is 5.56 Å². The molecule has 12 heteroatoms. The van der Waals surface area contributed by atoms with Crippen molar-refractivity contribution in [2.75, 3.05) is 33.2 Å². The topological polar surface area (TPSA) is 181 Å². The van der Waals surface area contributed by atoms with Gasteiger partial charge in [0.15, 0.2) is 23.0 Å². The molecule has 0 aliphatic heterocycles. The lowest BCUT2D eigenvalue weighted by Crippen LogP contribution is -2.09. The van der Waals surface area contributed by atoms with E-state index in [1.807, 2.05) is 0 Å². The van der Waals surface area contributed by atoms with Gasteiger partial charge >= 0.3 is 11.9 Å². The van der Waals surface area contributed by atoms with Crippen molar-refractivity contribution in [2.45, 2.75) is 6.42 Å². The first-order valence-electron chi connectivity index (χ1n) is 8.75. The number of nitro benzene ring substituents is 1. The number of carboxylic acid groups (broad SMARTS) is 2. The molecule has 4 N–H and O–H groups in total. The molecule has 0 aliphatic carbocycles. The second-order valence-corrected chi connectivity index (χ2v) is 6.03. The van der Waals surface area contributed by atoms with Gasteiger partial charge in [-0.1, -0.05) is 0 Å². The largest absolute Gasteiger partial charge is 0.493 e. The minimum atomic E-state index is -1.47. The molecule has 0 saturated carbocycles. The second kappa shape index (κ2) is 10.0. The second-order valence-electron chi connectivity index (χ2n) is 6.03. The fourth-order valence-corrected chi connectivity index (χ4v) is 2.60. The Balaban J connectivity index is 2.04. The minimum Gasteiger partial charge on any atom is -0.493 e. The number of nitro groups is 1. The van der Waals surface area contributed by atoms with Crippen LogP contribution >= 0.6 is 0 Å². The van der Waals surface area contributed by atoms with Crippen LogP contribution < -0.4 is 24.7 Å². The summed E-state index contributed by atoms with van der Waals surface area (Å²) in [6.07, 6.45) is 0.321. The number of carboxylic acids is 2. The maximum Gasteiger partial charge on any atom is 0.342 e. The van der Waals surface area contributed by atoms with Crippen molar-refractivity contribution >= 4 is 23.3 Å². The molecule has 166 valence electrons. The average molecular weight is 436 g/mol. The van der Waals surface area contributed by atoms with Gasteiger partial charge < -0.3 is 34.9 Å². The Bertz CT molecular complexity index is 1010. The molecule has 2 aromatic rings. The summed E-state index contributed by atoms with van der Waals surface area (Å²) in [5.41, 5.74) is 4.45. The van der Waals surface area contributed by atoms with Crippen LogP contribution in [-0.2, 0) is 0 Å². The highest BCUT2D eigenvalue weighted by atomic mass is 16.6. The molecule has 0 aromatic heterocycles. The third kappa shape index (κ3) is 5.44. The smallest absolute Gasteiger partial charge is 0.342 e. The third-order valence-corrected chi connectivity index (χ3v) is 4.08. The maximum atomic E-state index is 11.2. The molecular weight excluding hydrogens is 416 g/mol. The first-order valence-corrected chi connectivity index (χ1v) is 8.75. The molecule has 12 nitrogen and oxygen atoms in total. The minimum absolute atomic E-state index is 0.00633. The Morgan fingerprint density at radius 3 is 1.84 bits per heavy atom. The quantitative estimate of drug-likeness (QED) is 0.204. The number of hydrogen-bond acceptors (Lipinski definition) is 9. The number of nitrogen functional groups attached to an aromatic ring is 1. The molecular formula is C19H20N2O10. The normalized spacial score (nSPS) is 10.3. The predicted molar refractivity (Wildman–Crippen MR) is 107 cm³/mol. The number of hydrogen-bond donors (Lipinski definition) is 3. The van der Waals surface area contributed by atoms with Crippen molar-refractivity contribution in [1.82, 2.24) is 0 Å². The van der Waals surface area contributed by atoms with E-state index >= 15 is 0 Å². The molecule has 2 aromatic carbocycles. The summed E-state index contributed by atoms with van der Waals surface area (Å²) in [7, 11) is 2.63. The number of aromatic carboxylic acids is 2. The lowest BCUT2D eigenvalue weighted by Gasteiger charge is -2.14. The van der Waals surface area contributed by atoms with Crippen LogP contribution in [0.3, 0.4) is 0 Å². The Kier molecular flexibility index (Phi) is 7.44. The summed E-state index contributed by atoms with van der Waals surface area (Å²) in [5, 5.41) is 29.3. The lowest BCUT2D eigenvalue weighted by atomic mass is 10.1. The number of anilines is 1. The first-order chi connectivity index (χ1) is 14.7. The number of carbonyl (C=O) groups is 2. The molecule has 0 aliphatic rings. The van der Waals surface area contributed by atoms with E-state index in [1.165, 1.54) is 26.4 Å². The highest BCUT2D eigenvalue weighted by Gasteiger charge is 2.24. The molecule has 0 bridgehead atoms. The Labute approximate surface area is 175 Å². The standard InChI is InChI=1S/C19H20N2O10/c1-28-14-6-10(18(22)23)12(20)8-16(14)30-4-3-5-31-17-9-13(21(26)27)11(19(24)25)7-15(17)29-2/h6-9H,3-5,20H2,1-2H3,(H,22,23)(H,24,25). The van der Waals surface area contributed by atoms with Crippen molar-refractivity contribution < 1.29 is 43.7 Å². The van der Waals surface area contributed by atoms with E-state index in [-0.39, 0.29) is 47.5 Å². The average Bonchev–Trinajstić information content (AvgIpc) is 2.72. The zero-order valence-electron chi connectivity index (χ0n) is 16.6. The van der Waals surface area contributed by atoms with Crippen LogP contribution in [0.1, 0.15) is 27.1 Å². The Morgan fingerprint density at radius 1 is 0.903 bits per heavy atom. The van der Waals surface area contributed by atoms with E-state index in [4.69, 9.17) is 34.9 Å². The molecule has 2 rings (SSSR count). The number of benzene rings is 2. The molecule has 0 fully saturated rings. The van der Waals surface area contributed by atoms with Crippen molar-refractivity contribution in [3.8, 4) is 23.0 Å². The SMILES string of the molecule is COc1cc(C(=O)O)c(N)cc1OCCCOc1cc([N+](=O)[O-])c(C(=O)O)cc1OC. The van der Waals surface area contributed by atoms with Gasteiger partial charge in [-0.25, -0.2) is 9.59 Å². The van der Waals surface area contributed by atoms with E-state index in [1.54, 1.807) is 0 Å². The zero-order chi connectivity index (χ0) is 23.1. The van der Waals surface area contributed by atoms with Crippen LogP contribution in [0.5, 0.6) is 23.0 Å². The summed E-state index contributed by atoms with van der Waals surface area (Å²) < 4.78 is 21.2. The summed E-state index contributed by atoms with van der Waals surface area (Å²) >= 11 is 0.